The van der Waals surface area contributed by atoms with E-state index in [9.17, 15) is 18.0 Å². The summed E-state index contributed by atoms with van der Waals surface area (Å²) in [5.74, 6) is -0.702. The molecule has 0 spiro atoms. The van der Waals surface area contributed by atoms with Gasteiger partial charge in [0.15, 0.2) is 0 Å². The van der Waals surface area contributed by atoms with Crippen LogP contribution in [0.3, 0.4) is 0 Å². The normalized spacial score (nSPS) is 14.1. The van der Waals surface area contributed by atoms with Crippen molar-refractivity contribution >= 4 is 43.5 Å². The second-order valence-electron chi connectivity index (χ2n) is 12.0. The molecule has 4 aromatic carbocycles. The van der Waals surface area contributed by atoms with Crippen LogP contribution in [0.2, 0.25) is 0 Å². The van der Waals surface area contributed by atoms with Crippen LogP contribution in [0.5, 0.6) is 0 Å². The molecule has 1 aliphatic carbocycles. The summed E-state index contributed by atoms with van der Waals surface area (Å²) in [6.07, 6.45) is 4.20. The van der Waals surface area contributed by atoms with Crippen LogP contribution in [-0.2, 0) is 32.6 Å². The van der Waals surface area contributed by atoms with Crippen LogP contribution in [0.25, 0.3) is 0 Å². The van der Waals surface area contributed by atoms with Crippen LogP contribution in [0.15, 0.2) is 112 Å². The van der Waals surface area contributed by atoms with E-state index in [-0.39, 0.29) is 29.8 Å². The number of anilines is 1. The highest BCUT2D eigenvalue weighted by atomic mass is 79.9. The van der Waals surface area contributed by atoms with Crippen LogP contribution in [0.4, 0.5) is 5.69 Å². The largest absolute Gasteiger partial charge is 0.352 e. The van der Waals surface area contributed by atoms with E-state index >= 15 is 0 Å². The zero-order chi connectivity index (χ0) is 32.7. The molecular formula is C37H40BrN3O4S. The lowest BCUT2D eigenvalue weighted by atomic mass is 10.0. The Balaban J connectivity index is 1.56. The molecule has 0 bridgehead atoms. The second kappa shape index (κ2) is 15.1. The number of rotatable bonds is 12. The number of halogens is 1. The van der Waals surface area contributed by atoms with Gasteiger partial charge in [-0.3, -0.25) is 13.9 Å². The molecule has 1 aliphatic rings. The Morgan fingerprint density at radius 3 is 2.15 bits per heavy atom. The highest BCUT2D eigenvalue weighted by Crippen LogP contribution is 2.27. The number of sulfonamides is 1. The molecule has 1 saturated carbocycles. The summed E-state index contributed by atoms with van der Waals surface area (Å²) in [6.45, 7) is 3.43. The highest BCUT2D eigenvalue weighted by molar-refractivity contribution is 9.10. The molecule has 1 N–H and O–H groups in total. The molecule has 9 heteroatoms. The molecule has 7 nitrogen and oxygen atoms in total. The molecular weight excluding hydrogens is 662 g/mol. The average molecular weight is 703 g/mol. The predicted molar refractivity (Wildman–Crippen MR) is 186 cm³/mol. The fourth-order valence-electron chi connectivity index (χ4n) is 5.86. The van der Waals surface area contributed by atoms with Crippen molar-refractivity contribution < 1.29 is 18.0 Å². The minimum Gasteiger partial charge on any atom is -0.352 e. The average Bonchev–Trinajstić information content (AvgIpc) is 3.56. The van der Waals surface area contributed by atoms with E-state index in [0.717, 1.165) is 56.7 Å². The number of hydrogen-bond donors (Lipinski definition) is 1. The summed E-state index contributed by atoms with van der Waals surface area (Å²) in [5.41, 5.74) is 3.90. The number of carbonyl (C=O) groups excluding carboxylic acids is 2. The van der Waals surface area contributed by atoms with Crippen molar-refractivity contribution in [3.05, 3.63) is 130 Å². The maximum absolute atomic E-state index is 14.6. The van der Waals surface area contributed by atoms with E-state index in [2.05, 4.69) is 21.2 Å². The van der Waals surface area contributed by atoms with Crippen molar-refractivity contribution in [2.24, 2.45) is 0 Å². The second-order valence-corrected chi connectivity index (χ2v) is 14.8. The first-order valence-corrected chi connectivity index (χ1v) is 17.9. The van der Waals surface area contributed by atoms with E-state index in [1.54, 1.807) is 47.4 Å². The van der Waals surface area contributed by atoms with Crippen LogP contribution >= 0.6 is 15.9 Å². The monoisotopic (exact) mass is 701 g/mol. The van der Waals surface area contributed by atoms with Crippen molar-refractivity contribution in [1.82, 2.24) is 10.2 Å². The number of hydrogen-bond acceptors (Lipinski definition) is 4. The highest BCUT2D eigenvalue weighted by Gasteiger charge is 2.35. The van der Waals surface area contributed by atoms with Gasteiger partial charge in [-0.25, -0.2) is 8.42 Å². The summed E-state index contributed by atoms with van der Waals surface area (Å²) >= 11 is 3.48. The van der Waals surface area contributed by atoms with Gasteiger partial charge in [0, 0.05) is 23.5 Å². The Kier molecular flexibility index (Phi) is 11.0. The summed E-state index contributed by atoms with van der Waals surface area (Å²) < 4.78 is 30.5. The third kappa shape index (κ3) is 8.44. The van der Waals surface area contributed by atoms with E-state index in [0.29, 0.717) is 5.69 Å². The Bertz CT molecular complexity index is 1740. The Morgan fingerprint density at radius 2 is 1.50 bits per heavy atom. The van der Waals surface area contributed by atoms with Gasteiger partial charge in [0.2, 0.25) is 11.8 Å². The first-order chi connectivity index (χ1) is 22.1. The van der Waals surface area contributed by atoms with Crippen LogP contribution in [-0.4, -0.2) is 43.8 Å². The summed E-state index contributed by atoms with van der Waals surface area (Å²) in [5, 5.41) is 3.21. The molecule has 46 heavy (non-hydrogen) atoms. The van der Waals surface area contributed by atoms with Crippen molar-refractivity contribution in [3.8, 4) is 0 Å². The maximum Gasteiger partial charge on any atom is 0.264 e. The van der Waals surface area contributed by atoms with E-state index in [1.807, 2.05) is 74.5 Å². The molecule has 1 fully saturated rings. The number of nitrogens with zero attached hydrogens (tertiary/aromatic N) is 2. The van der Waals surface area contributed by atoms with E-state index < -0.39 is 28.5 Å². The number of amides is 2. The van der Waals surface area contributed by atoms with Gasteiger partial charge in [0.1, 0.15) is 12.6 Å². The lowest BCUT2D eigenvalue weighted by Crippen LogP contribution is -2.54. The van der Waals surface area contributed by atoms with Crippen molar-refractivity contribution in [2.45, 2.75) is 69.5 Å². The Hall–Kier alpha value is -3.95. The molecule has 0 aromatic heterocycles. The molecule has 0 aliphatic heterocycles. The molecule has 2 amide bonds. The van der Waals surface area contributed by atoms with Gasteiger partial charge < -0.3 is 10.2 Å². The Morgan fingerprint density at radius 1 is 0.826 bits per heavy atom. The lowest BCUT2D eigenvalue weighted by molar-refractivity contribution is -0.140. The molecule has 4 aromatic rings. The van der Waals surface area contributed by atoms with Crippen LogP contribution in [0.1, 0.15) is 47.9 Å². The van der Waals surface area contributed by atoms with Crippen molar-refractivity contribution in [3.63, 3.8) is 0 Å². The smallest absolute Gasteiger partial charge is 0.264 e. The zero-order valence-electron chi connectivity index (χ0n) is 26.2. The minimum absolute atomic E-state index is 0.0566. The number of aryl methyl sites for hydroxylation is 2. The van der Waals surface area contributed by atoms with Gasteiger partial charge in [0.05, 0.1) is 10.6 Å². The summed E-state index contributed by atoms with van der Waals surface area (Å²) in [6, 6.07) is 30.1. The number of carbonyl (C=O) groups is 2. The molecule has 1 unspecified atom stereocenters. The van der Waals surface area contributed by atoms with Crippen molar-refractivity contribution in [1.29, 1.82) is 0 Å². The quantitative estimate of drug-likeness (QED) is 0.173. The molecule has 240 valence electrons. The standard InChI is InChI=1S/C37H40BrN3O4S/c1-27-15-21-34(22-16-27)46(44,45)41(33-14-8-9-28(2)23-33)26-36(42)40(25-30-17-19-31(38)20-18-30)35(24-29-10-4-3-5-11-29)37(43)39-32-12-6-7-13-32/h3-5,8-11,14-23,32,35H,6-7,12-13,24-26H2,1-2H3,(H,39,43). The zero-order valence-corrected chi connectivity index (χ0v) is 28.6. The fraction of sp³-hybridized carbons (Fsp3) is 0.297. The Labute approximate surface area is 280 Å². The third-order valence-electron chi connectivity index (χ3n) is 8.42. The van der Waals surface area contributed by atoms with Gasteiger partial charge in [-0.1, -0.05) is 101 Å². The SMILES string of the molecule is Cc1ccc(S(=O)(=O)N(CC(=O)N(Cc2ccc(Br)cc2)C(Cc2ccccc2)C(=O)NC2CCCC2)c2cccc(C)c2)cc1. The molecule has 0 radical (unpaired) electrons. The predicted octanol–water partition coefficient (Wildman–Crippen LogP) is 6.96. The summed E-state index contributed by atoms with van der Waals surface area (Å²) in [4.78, 5) is 30.4. The van der Waals surface area contributed by atoms with Crippen molar-refractivity contribution in [2.75, 3.05) is 10.8 Å². The van der Waals surface area contributed by atoms with Gasteiger partial charge in [-0.15, -0.1) is 0 Å². The first kappa shape index (κ1) is 33.4. The molecule has 1 atom stereocenters. The minimum atomic E-state index is -4.14. The fourth-order valence-corrected chi connectivity index (χ4v) is 7.53. The van der Waals surface area contributed by atoms with E-state index in [4.69, 9.17) is 0 Å². The molecule has 0 saturated heterocycles. The topological polar surface area (TPSA) is 86.8 Å². The van der Waals surface area contributed by atoms with Gasteiger partial charge in [-0.2, -0.15) is 0 Å². The van der Waals surface area contributed by atoms with E-state index in [1.165, 1.54) is 0 Å². The summed E-state index contributed by atoms with van der Waals surface area (Å²) in [7, 11) is -4.14. The number of benzene rings is 4. The molecule has 5 rings (SSSR count). The van der Waals surface area contributed by atoms with Crippen LogP contribution in [0, 0.1) is 13.8 Å². The van der Waals surface area contributed by atoms with Gasteiger partial charge in [-0.05, 0) is 79.8 Å². The maximum atomic E-state index is 14.6. The lowest BCUT2D eigenvalue weighted by Gasteiger charge is -2.34. The van der Waals surface area contributed by atoms with Gasteiger partial charge in [0.25, 0.3) is 10.0 Å². The van der Waals surface area contributed by atoms with Gasteiger partial charge >= 0.3 is 0 Å². The third-order valence-corrected chi connectivity index (χ3v) is 10.7. The van der Waals surface area contributed by atoms with Crippen LogP contribution < -0.4 is 9.62 Å². The first-order valence-electron chi connectivity index (χ1n) is 15.6. The molecule has 0 heterocycles. The number of nitrogens with one attached hydrogen (secondary N) is 1.